The second kappa shape index (κ2) is 8.35. The fourth-order valence-corrected chi connectivity index (χ4v) is 3.87. The van der Waals surface area contributed by atoms with Gasteiger partial charge in [-0.25, -0.2) is 14.2 Å². The Hall–Kier alpha value is -3.85. The highest BCUT2D eigenvalue weighted by Gasteiger charge is 2.16. The zero-order valence-electron chi connectivity index (χ0n) is 17.4. The van der Waals surface area contributed by atoms with E-state index < -0.39 is 17.1 Å². The molecule has 0 aliphatic carbocycles. The number of fused-ring (bicyclic) bond motifs is 1. The van der Waals surface area contributed by atoms with Gasteiger partial charge in [-0.3, -0.25) is 23.9 Å². The fourth-order valence-electron chi connectivity index (χ4n) is 3.65. The van der Waals surface area contributed by atoms with Gasteiger partial charge in [-0.2, -0.15) is 0 Å². The van der Waals surface area contributed by atoms with Crippen LogP contribution in [-0.4, -0.2) is 30.0 Å². The molecule has 0 saturated heterocycles. The van der Waals surface area contributed by atoms with Crippen molar-refractivity contribution in [1.29, 1.82) is 0 Å². The maximum Gasteiger partial charge on any atom is 0.335 e. The normalized spacial score (nSPS) is 11.6. The summed E-state index contributed by atoms with van der Waals surface area (Å²) < 4.78 is 4.21. The summed E-state index contributed by atoms with van der Waals surface area (Å²) in [4.78, 5) is 43.7. The van der Waals surface area contributed by atoms with Crippen molar-refractivity contribution in [2.75, 3.05) is 0 Å². The smallest absolute Gasteiger partial charge is 0.335 e. The Morgan fingerprint density at radius 1 is 1.03 bits per heavy atom. The van der Waals surface area contributed by atoms with Crippen LogP contribution in [0.25, 0.3) is 16.7 Å². The van der Waals surface area contributed by atoms with E-state index in [4.69, 9.17) is 11.6 Å². The third-order valence-electron chi connectivity index (χ3n) is 5.19. The minimum Gasteiger partial charge on any atom is -0.493 e. The van der Waals surface area contributed by atoms with Gasteiger partial charge in [0.2, 0.25) is 5.88 Å². The van der Waals surface area contributed by atoms with Gasteiger partial charge in [0, 0.05) is 19.3 Å². The number of aromatic hydroxyl groups is 1. The molecule has 0 bridgehead atoms. The van der Waals surface area contributed by atoms with Crippen LogP contribution in [0.2, 0.25) is 5.02 Å². The second-order valence-corrected chi connectivity index (χ2v) is 7.39. The summed E-state index contributed by atoms with van der Waals surface area (Å²) in [5, 5.41) is 10.9. The van der Waals surface area contributed by atoms with Crippen molar-refractivity contribution in [2.45, 2.75) is 26.9 Å². The molecule has 164 valence electrons. The number of aliphatic imine (C=N–C) groups is 1. The summed E-state index contributed by atoms with van der Waals surface area (Å²) in [5.74, 6) is -0.584. The van der Waals surface area contributed by atoms with Crippen molar-refractivity contribution in [1.82, 2.24) is 18.7 Å². The molecule has 0 aliphatic rings. The molecule has 10 heteroatoms. The molecule has 2 aromatic carbocycles. The van der Waals surface area contributed by atoms with Crippen LogP contribution in [0.4, 0.5) is 5.69 Å². The molecule has 0 fully saturated rings. The molecule has 0 aliphatic heterocycles. The van der Waals surface area contributed by atoms with Crippen molar-refractivity contribution in [2.24, 2.45) is 4.99 Å². The van der Waals surface area contributed by atoms with Crippen molar-refractivity contribution >= 4 is 34.5 Å². The zero-order chi connectivity index (χ0) is 23.0. The van der Waals surface area contributed by atoms with Gasteiger partial charge in [0.05, 0.1) is 27.4 Å². The summed E-state index contributed by atoms with van der Waals surface area (Å²) in [6, 6.07) is 11.7. The Kier molecular flexibility index (Phi) is 5.58. The fraction of sp³-hybridized carbons (Fsp3) is 0.182. The van der Waals surface area contributed by atoms with E-state index in [0.29, 0.717) is 24.3 Å². The highest BCUT2D eigenvalue weighted by Crippen LogP contribution is 2.24. The highest BCUT2D eigenvalue weighted by atomic mass is 35.5. The number of rotatable bonds is 5. The van der Waals surface area contributed by atoms with E-state index in [1.165, 1.54) is 6.21 Å². The molecule has 2 aromatic heterocycles. The largest absolute Gasteiger partial charge is 0.493 e. The molecule has 4 rings (SSSR count). The third-order valence-corrected chi connectivity index (χ3v) is 5.51. The lowest BCUT2D eigenvalue weighted by Gasteiger charge is -2.10. The van der Waals surface area contributed by atoms with Gasteiger partial charge in [-0.15, -0.1) is 0 Å². The summed E-state index contributed by atoms with van der Waals surface area (Å²) in [6.45, 7) is 4.82. The van der Waals surface area contributed by atoms with Crippen LogP contribution >= 0.6 is 11.6 Å². The van der Waals surface area contributed by atoms with Gasteiger partial charge in [-0.1, -0.05) is 23.7 Å². The molecule has 32 heavy (non-hydrogen) atoms. The minimum absolute atomic E-state index is 0.105. The van der Waals surface area contributed by atoms with Gasteiger partial charge < -0.3 is 5.11 Å². The van der Waals surface area contributed by atoms with Crippen LogP contribution in [0, 0.1) is 0 Å². The standard InChI is InChI=1S/C22H20ClN5O4/c1-3-26-17-10-9-13(11-18(17)27(4-2)22(26)32)24-12-14-19(29)25-21(31)28(20(14)30)16-8-6-5-7-15(16)23/h5-12,30H,3-4H2,1-2H3,(H,25,29,31). The first-order chi connectivity index (χ1) is 15.4. The Morgan fingerprint density at radius 2 is 1.72 bits per heavy atom. The lowest BCUT2D eigenvalue weighted by atomic mass is 10.2. The molecule has 0 atom stereocenters. The summed E-state index contributed by atoms with van der Waals surface area (Å²) in [6.07, 6.45) is 1.17. The number of aryl methyl sites for hydroxylation is 2. The zero-order valence-corrected chi connectivity index (χ0v) is 18.1. The molecule has 4 aromatic rings. The first-order valence-electron chi connectivity index (χ1n) is 9.97. The average Bonchev–Trinajstić information content (AvgIpc) is 3.04. The van der Waals surface area contributed by atoms with Gasteiger partial charge in [0.15, 0.2) is 0 Å². The van der Waals surface area contributed by atoms with Gasteiger partial charge >= 0.3 is 11.4 Å². The second-order valence-electron chi connectivity index (χ2n) is 6.99. The number of hydrogen-bond acceptors (Lipinski definition) is 5. The van der Waals surface area contributed by atoms with Crippen molar-refractivity contribution in [3.05, 3.63) is 84.4 Å². The molecular weight excluding hydrogens is 434 g/mol. The van der Waals surface area contributed by atoms with E-state index in [1.807, 2.05) is 13.8 Å². The first kappa shape index (κ1) is 21.4. The number of halogens is 1. The van der Waals surface area contributed by atoms with E-state index in [0.717, 1.165) is 10.1 Å². The van der Waals surface area contributed by atoms with Crippen LogP contribution in [0.15, 0.2) is 61.8 Å². The summed E-state index contributed by atoms with van der Waals surface area (Å²) in [7, 11) is 0. The van der Waals surface area contributed by atoms with Crippen molar-refractivity contribution < 1.29 is 5.11 Å². The SMILES string of the molecule is CCn1c(=O)n(CC)c2cc(N=Cc3c(O)n(-c4ccccc4Cl)c(=O)[nH]c3=O)ccc21. The molecule has 0 saturated carbocycles. The lowest BCUT2D eigenvalue weighted by Crippen LogP contribution is -2.31. The number of nitrogens with one attached hydrogen (secondary N) is 1. The van der Waals surface area contributed by atoms with E-state index in [2.05, 4.69) is 9.98 Å². The summed E-state index contributed by atoms with van der Waals surface area (Å²) in [5.41, 5.74) is 0.268. The number of aromatic amines is 1. The predicted octanol–water partition coefficient (Wildman–Crippen LogP) is 2.79. The number of imidazole rings is 1. The number of nitrogens with zero attached hydrogens (tertiary/aromatic N) is 4. The quantitative estimate of drug-likeness (QED) is 0.452. The molecule has 0 unspecified atom stereocenters. The number of hydrogen-bond donors (Lipinski definition) is 2. The summed E-state index contributed by atoms with van der Waals surface area (Å²) >= 11 is 6.15. The van der Waals surface area contributed by atoms with Crippen molar-refractivity contribution in [3.8, 4) is 11.6 Å². The monoisotopic (exact) mass is 453 g/mol. The Labute approximate surface area is 186 Å². The molecule has 9 nitrogen and oxygen atoms in total. The van der Waals surface area contributed by atoms with Crippen LogP contribution in [-0.2, 0) is 13.1 Å². The van der Waals surface area contributed by atoms with Gasteiger partial charge in [0.25, 0.3) is 5.56 Å². The molecule has 2 heterocycles. The third kappa shape index (κ3) is 3.46. The van der Waals surface area contributed by atoms with Crippen LogP contribution < -0.4 is 16.9 Å². The number of benzene rings is 2. The molecule has 0 spiro atoms. The Bertz CT molecular complexity index is 1540. The number of para-hydroxylation sites is 1. The van der Waals surface area contributed by atoms with E-state index in [-0.39, 0.29) is 22.0 Å². The number of aromatic nitrogens is 4. The van der Waals surface area contributed by atoms with E-state index in [9.17, 15) is 19.5 Å². The predicted molar refractivity (Wildman–Crippen MR) is 124 cm³/mol. The highest BCUT2D eigenvalue weighted by molar-refractivity contribution is 6.32. The maximum atomic E-state index is 12.5. The maximum absolute atomic E-state index is 12.5. The molecular formula is C22H20ClN5O4. The van der Waals surface area contributed by atoms with Crippen LogP contribution in [0.5, 0.6) is 5.88 Å². The topological polar surface area (TPSA) is 114 Å². The lowest BCUT2D eigenvalue weighted by molar-refractivity contribution is 0.430. The Morgan fingerprint density at radius 3 is 2.41 bits per heavy atom. The van der Waals surface area contributed by atoms with Crippen molar-refractivity contribution in [3.63, 3.8) is 0 Å². The first-order valence-corrected chi connectivity index (χ1v) is 10.4. The Balaban J connectivity index is 1.84. The van der Waals surface area contributed by atoms with Crippen LogP contribution in [0.1, 0.15) is 19.4 Å². The molecule has 0 amide bonds. The van der Waals surface area contributed by atoms with Gasteiger partial charge in [-0.05, 0) is 44.2 Å². The minimum atomic E-state index is -0.827. The van der Waals surface area contributed by atoms with Gasteiger partial charge in [0.1, 0.15) is 5.56 Å². The molecule has 0 radical (unpaired) electrons. The van der Waals surface area contributed by atoms with E-state index >= 15 is 0 Å². The average molecular weight is 454 g/mol. The van der Waals surface area contributed by atoms with Crippen LogP contribution in [0.3, 0.4) is 0 Å². The van der Waals surface area contributed by atoms with E-state index in [1.54, 1.807) is 51.6 Å². The number of H-pyrrole nitrogens is 1. The molecule has 2 N–H and O–H groups in total.